The summed E-state index contributed by atoms with van der Waals surface area (Å²) < 4.78 is 12.6. The minimum absolute atomic E-state index is 0.143. The monoisotopic (exact) mass is 1200 g/mol. The Balaban J connectivity index is 1.00. The first-order valence-electron chi connectivity index (χ1n) is 30.7. The molecule has 0 fully saturated rings. The average Bonchev–Trinajstić information content (AvgIpc) is 0.719. The summed E-state index contributed by atoms with van der Waals surface area (Å²) in [5, 5.41) is 1.71. The van der Waals surface area contributed by atoms with Crippen LogP contribution in [0.4, 0.5) is 34.1 Å². The molecule has 0 saturated carbocycles. The molecule has 10 nitrogen and oxygen atoms in total. The Hall–Kier alpha value is -11.9. The first-order chi connectivity index (χ1) is 44.8. The molecule has 1 aromatic heterocycles. The van der Waals surface area contributed by atoms with E-state index in [1.807, 2.05) is 192 Å². The molecule has 0 spiro atoms. The summed E-state index contributed by atoms with van der Waals surface area (Å²) in [4.78, 5) is 74.4. The highest BCUT2D eigenvalue weighted by Gasteiger charge is 2.34. The third-order valence-electron chi connectivity index (χ3n) is 18.2. The molecule has 14 aromatic carbocycles. The van der Waals surface area contributed by atoms with E-state index in [-0.39, 0.29) is 75.6 Å². The van der Waals surface area contributed by atoms with Crippen molar-refractivity contribution in [2.24, 2.45) is 0 Å². The Labute approximate surface area is 529 Å². The molecule has 0 aliphatic rings. The van der Waals surface area contributed by atoms with E-state index in [0.29, 0.717) is 79.2 Å². The first-order valence-corrected chi connectivity index (χ1v) is 30.7. The summed E-state index contributed by atoms with van der Waals surface area (Å²) in [6, 6.07) is 89.2. The minimum atomic E-state index is -0.372. The van der Waals surface area contributed by atoms with Crippen LogP contribution in [0.5, 0.6) is 23.0 Å². The Bertz CT molecular complexity index is 5220. The van der Waals surface area contributed by atoms with Crippen molar-refractivity contribution in [3.05, 3.63) is 342 Å². The lowest BCUT2D eigenvalue weighted by molar-refractivity contribution is -0.359. The van der Waals surface area contributed by atoms with Crippen molar-refractivity contribution in [3.8, 4) is 23.0 Å². The summed E-state index contributed by atoms with van der Waals surface area (Å²) >= 11 is 0. The molecule has 15 rings (SSSR count). The standard InChI is InChI=1S/C82H58N4O6/c1-81(2,51-21-9-5-10-22-51)53-33-37-55(38-34-53)85(57-41-45-61(46-42-57)91-59-25-13-7-14-26-59)69-49-67-75(73-71(69)77(87)63-29-17-19-31-65(63)79(73)89)84-68-50-70(72-74(76(68)83-67)80(90)66-32-20-18-30-64(66)78(72)88)86(58-43-47-62(48-44-58)92-60-27-15-8-16-28-60)56-39-35-54(36-40-56)82(3,4)52-23-11-6-12-24-52/h5-50H,1-4H3/p+2. The predicted molar refractivity (Wildman–Crippen MR) is 372 cm³/mol. The van der Waals surface area contributed by atoms with Crippen LogP contribution in [0.15, 0.2) is 298 Å². The largest absolute Gasteiger partial charge is 0.457 e. The Morgan fingerprint density at radius 3 is 0.848 bits per heavy atom. The third-order valence-corrected chi connectivity index (χ3v) is 18.2. The lowest BCUT2D eigenvalue weighted by Gasteiger charge is -2.29. The van der Waals surface area contributed by atoms with Crippen LogP contribution in [0.25, 0.3) is 65.2 Å². The molecule has 2 N–H and O–H groups in total. The highest BCUT2D eigenvalue weighted by atomic mass is 16.5. The van der Waals surface area contributed by atoms with Gasteiger partial charge in [0.05, 0.1) is 22.1 Å². The van der Waals surface area contributed by atoms with E-state index in [2.05, 4.69) is 86.2 Å². The second-order valence-electron chi connectivity index (χ2n) is 24.4. The predicted octanol–water partition coefficient (Wildman–Crippen LogP) is 17.7. The van der Waals surface area contributed by atoms with Crippen molar-refractivity contribution >= 4 is 99.3 Å². The van der Waals surface area contributed by atoms with Crippen LogP contribution < -0.4 is 51.0 Å². The SMILES string of the molecule is CC(C)(c1ccccc1)c1ccc(N(c2ccc(Oc3ccccc3)cc2)c2cc3[nH+]c4c(cc(N(c5ccc(Oc6ccccc6)cc5)c5ccc(C(C)(C)c6ccccc6)cc5)c5c(=O)c6ccccc6c(=O)c54)[nH+]c3c3c(=O)c4ccccc4c(=O)c23)cc1. The lowest BCUT2D eigenvalue weighted by Crippen LogP contribution is -2.26. The number of aromatic nitrogens is 2. The number of anilines is 6. The van der Waals surface area contributed by atoms with Gasteiger partial charge in [-0.25, -0.2) is 0 Å². The van der Waals surface area contributed by atoms with E-state index in [9.17, 15) is 0 Å². The fraction of sp³-hybridized carbons (Fsp3) is 0.0732. The van der Waals surface area contributed by atoms with Gasteiger partial charge in [0, 0.05) is 67.3 Å². The van der Waals surface area contributed by atoms with Gasteiger partial charge >= 0.3 is 0 Å². The van der Waals surface area contributed by atoms with Crippen LogP contribution in [-0.4, -0.2) is 0 Å². The van der Waals surface area contributed by atoms with Gasteiger partial charge < -0.3 is 19.3 Å². The summed E-state index contributed by atoms with van der Waals surface area (Å²) in [6.45, 7) is 8.78. The first kappa shape index (κ1) is 56.6. The normalized spacial score (nSPS) is 11.9. The number of para-hydroxylation sites is 2. The summed E-state index contributed by atoms with van der Waals surface area (Å²) in [5.74, 6) is 2.53. The highest BCUT2D eigenvalue weighted by molar-refractivity contribution is 6.18. The number of rotatable bonds is 14. The quantitative estimate of drug-likeness (QED) is 0.0779. The number of aromatic amines is 2. The molecular weight excluding hydrogens is 1140 g/mol. The third kappa shape index (κ3) is 9.77. The number of hydrogen-bond donors (Lipinski definition) is 0. The van der Waals surface area contributed by atoms with Crippen LogP contribution >= 0.6 is 0 Å². The maximum Gasteiger partial charge on any atom is 0.288 e. The van der Waals surface area contributed by atoms with Crippen LogP contribution in [0, 0.1) is 0 Å². The zero-order valence-electron chi connectivity index (χ0n) is 50.9. The second-order valence-corrected chi connectivity index (χ2v) is 24.4. The van der Waals surface area contributed by atoms with E-state index in [4.69, 9.17) is 9.47 Å². The zero-order chi connectivity index (χ0) is 62.8. The molecular formula is C82H60N4O6+2. The molecule has 0 saturated heterocycles. The van der Waals surface area contributed by atoms with Gasteiger partial charge in [-0.2, -0.15) is 9.97 Å². The molecule has 1 heterocycles. The van der Waals surface area contributed by atoms with Crippen molar-refractivity contribution in [1.82, 2.24) is 0 Å². The van der Waals surface area contributed by atoms with Gasteiger partial charge in [0.2, 0.25) is 10.9 Å². The molecule has 0 aliphatic heterocycles. The maximum atomic E-state index is 15.8. The van der Waals surface area contributed by atoms with Crippen molar-refractivity contribution in [1.29, 1.82) is 0 Å². The molecule has 0 radical (unpaired) electrons. The second kappa shape index (κ2) is 22.6. The van der Waals surface area contributed by atoms with E-state index < -0.39 is 0 Å². The number of H-pyrrole nitrogens is 2. The van der Waals surface area contributed by atoms with Crippen molar-refractivity contribution < 1.29 is 19.4 Å². The average molecular weight is 1200 g/mol. The highest BCUT2D eigenvalue weighted by Crippen LogP contribution is 2.45. The Morgan fingerprint density at radius 2 is 0.533 bits per heavy atom. The van der Waals surface area contributed by atoms with Gasteiger partial charge in [-0.3, -0.25) is 19.2 Å². The zero-order valence-corrected chi connectivity index (χ0v) is 50.9. The summed E-state index contributed by atoms with van der Waals surface area (Å²) in [7, 11) is 0. The fourth-order valence-corrected chi connectivity index (χ4v) is 13.2. The number of nitrogens with one attached hydrogen (secondary N) is 2. The van der Waals surface area contributed by atoms with Crippen LogP contribution in [-0.2, 0) is 10.8 Å². The van der Waals surface area contributed by atoms with Crippen molar-refractivity contribution in [2.75, 3.05) is 9.80 Å². The van der Waals surface area contributed by atoms with Gasteiger partial charge in [-0.15, -0.1) is 0 Å². The van der Waals surface area contributed by atoms with Gasteiger partial charge in [0.25, 0.3) is 22.1 Å². The van der Waals surface area contributed by atoms with Crippen molar-refractivity contribution in [2.45, 2.75) is 38.5 Å². The van der Waals surface area contributed by atoms with E-state index >= 15 is 19.2 Å². The number of fused-ring (bicyclic) bond motifs is 8. The van der Waals surface area contributed by atoms with E-state index in [0.717, 1.165) is 22.3 Å². The summed E-state index contributed by atoms with van der Waals surface area (Å²) in [5.41, 5.74) is 7.28. The number of nitrogens with zero attached hydrogens (tertiary/aromatic N) is 2. The van der Waals surface area contributed by atoms with Gasteiger partial charge in [-0.1, -0.05) is 198 Å². The molecule has 0 atom stereocenters. The molecule has 15 aromatic rings. The molecule has 92 heavy (non-hydrogen) atoms. The summed E-state index contributed by atoms with van der Waals surface area (Å²) in [6.07, 6.45) is 0. The number of ether oxygens (including phenoxy) is 2. The smallest absolute Gasteiger partial charge is 0.288 e. The van der Waals surface area contributed by atoms with E-state index in [1.54, 1.807) is 48.5 Å². The van der Waals surface area contributed by atoms with Gasteiger partial charge in [0.1, 0.15) is 33.8 Å². The van der Waals surface area contributed by atoms with Gasteiger partial charge in [0.15, 0.2) is 10.9 Å². The topological polar surface area (TPSA) is 122 Å². The fourth-order valence-electron chi connectivity index (χ4n) is 13.2. The van der Waals surface area contributed by atoms with Crippen molar-refractivity contribution in [3.63, 3.8) is 0 Å². The van der Waals surface area contributed by atoms with Crippen LogP contribution in [0.3, 0.4) is 0 Å². The molecule has 0 aliphatic carbocycles. The minimum Gasteiger partial charge on any atom is -0.457 e. The Morgan fingerprint density at radius 1 is 0.283 bits per heavy atom. The maximum absolute atomic E-state index is 15.8. The van der Waals surface area contributed by atoms with E-state index in [1.165, 1.54) is 0 Å². The van der Waals surface area contributed by atoms with Crippen LogP contribution in [0.2, 0.25) is 0 Å². The molecule has 0 amide bonds. The molecule has 0 bridgehead atoms. The Kier molecular flexibility index (Phi) is 13.9. The van der Waals surface area contributed by atoms with Gasteiger partial charge in [-0.05, 0) is 119 Å². The molecule has 0 unspecified atom stereocenters. The molecule has 10 heteroatoms. The lowest BCUT2D eigenvalue weighted by atomic mass is 9.78. The number of benzene rings is 14. The number of hydrogen-bond acceptors (Lipinski definition) is 8. The van der Waals surface area contributed by atoms with Crippen LogP contribution in [0.1, 0.15) is 49.9 Å². The molecule has 442 valence electrons.